The summed E-state index contributed by atoms with van der Waals surface area (Å²) in [6, 6.07) is 22.3. The van der Waals surface area contributed by atoms with E-state index < -0.39 is 0 Å². The topological polar surface area (TPSA) is 49.7 Å². The Bertz CT molecular complexity index is 1450. The van der Waals surface area contributed by atoms with Gasteiger partial charge in [0.1, 0.15) is 5.75 Å². The molecule has 4 aromatic rings. The second-order valence-corrected chi connectivity index (χ2v) is 11.1. The Morgan fingerprint density at radius 3 is 2.58 bits per heavy atom. The van der Waals surface area contributed by atoms with E-state index in [1.807, 2.05) is 48.7 Å². The molecule has 0 atom stereocenters. The molecule has 210 valence electrons. The molecule has 7 heteroatoms. The number of rotatable bonds is 10. The van der Waals surface area contributed by atoms with Crippen molar-refractivity contribution >= 4 is 28.4 Å². The van der Waals surface area contributed by atoms with Gasteiger partial charge in [-0.15, -0.1) is 0 Å². The molecule has 1 aliphatic heterocycles. The molecule has 0 saturated carbocycles. The highest BCUT2D eigenvalue weighted by molar-refractivity contribution is 6.31. The van der Waals surface area contributed by atoms with Crippen LogP contribution < -0.4 is 10.1 Å². The number of aryl methyl sites for hydroxylation is 2. The normalized spacial score (nSPS) is 14.8. The van der Waals surface area contributed by atoms with Gasteiger partial charge in [0.25, 0.3) is 5.91 Å². The average molecular weight is 559 g/mol. The summed E-state index contributed by atoms with van der Waals surface area (Å²) >= 11 is 6.40. The molecule has 6 nitrogen and oxygen atoms in total. The first-order valence-electron chi connectivity index (χ1n) is 14.2. The number of fused-ring (bicyclic) bond motifs is 1. The third kappa shape index (κ3) is 6.87. The standard InChI is InChI=1S/C33H39ClN4O2/c1-25-9-5-10-26(21-25)22-35-33(39)29-24-38(32-28(29)12-6-14-31(32)40-2)18-8-16-36-15-7-17-37(20-19-36)23-27-11-3-4-13-30(27)34/h3-6,9-14,21,24H,7-8,15-20,22-23H2,1-2H3,(H,35,39). The molecular formula is C33H39ClN4O2. The number of nitrogens with one attached hydrogen (secondary N) is 1. The first-order chi connectivity index (χ1) is 19.5. The maximum Gasteiger partial charge on any atom is 0.253 e. The van der Waals surface area contributed by atoms with Gasteiger partial charge in [0, 0.05) is 49.3 Å². The number of nitrogens with zero attached hydrogens (tertiary/aromatic N) is 3. The summed E-state index contributed by atoms with van der Waals surface area (Å²) in [5.74, 6) is 0.727. The van der Waals surface area contributed by atoms with Gasteiger partial charge in [-0.25, -0.2) is 0 Å². The quantitative estimate of drug-likeness (QED) is 0.254. The summed E-state index contributed by atoms with van der Waals surface area (Å²) in [4.78, 5) is 18.4. The van der Waals surface area contributed by atoms with Crippen molar-refractivity contribution in [3.63, 3.8) is 0 Å². The fourth-order valence-electron chi connectivity index (χ4n) is 5.69. The van der Waals surface area contributed by atoms with Gasteiger partial charge in [0.2, 0.25) is 0 Å². The number of halogens is 1. The van der Waals surface area contributed by atoms with Crippen molar-refractivity contribution in [3.05, 3.63) is 100 Å². The molecular weight excluding hydrogens is 520 g/mol. The number of para-hydroxylation sites is 1. The van der Waals surface area contributed by atoms with Crippen LogP contribution in [0.3, 0.4) is 0 Å². The van der Waals surface area contributed by atoms with Crippen molar-refractivity contribution in [2.45, 2.75) is 39.4 Å². The van der Waals surface area contributed by atoms with Gasteiger partial charge in [0.05, 0.1) is 18.2 Å². The van der Waals surface area contributed by atoms with E-state index in [1.165, 1.54) is 11.1 Å². The molecule has 1 fully saturated rings. The number of methoxy groups -OCH3 is 1. The van der Waals surface area contributed by atoms with Crippen LogP contribution >= 0.6 is 11.6 Å². The van der Waals surface area contributed by atoms with Crippen molar-refractivity contribution in [1.29, 1.82) is 0 Å². The Kier molecular flexibility index (Phi) is 9.42. The Morgan fingerprint density at radius 1 is 0.950 bits per heavy atom. The number of carbonyl (C=O) groups excluding carboxylic acids is 1. The molecule has 1 aromatic heterocycles. The SMILES string of the molecule is COc1cccc2c(C(=O)NCc3cccc(C)c3)cn(CCCN3CCCN(Cc4ccccc4Cl)CC3)c12. The van der Waals surface area contributed by atoms with Gasteiger partial charge in [-0.05, 0) is 62.7 Å². The van der Waals surface area contributed by atoms with Gasteiger partial charge in [0.15, 0.2) is 0 Å². The molecule has 0 spiro atoms. The molecule has 40 heavy (non-hydrogen) atoms. The van der Waals surface area contributed by atoms with E-state index in [0.717, 1.165) is 85.9 Å². The first-order valence-corrected chi connectivity index (χ1v) is 14.6. The van der Waals surface area contributed by atoms with Gasteiger partial charge in [-0.2, -0.15) is 0 Å². The van der Waals surface area contributed by atoms with Crippen LogP contribution in [-0.4, -0.2) is 60.1 Å². The summed E-state index contributed by atoms with van der Waals surface area (Å²) in [6.45, 7) is 9.57. The lowest BCUT2D eigenvalue weighted by Gasteiger charge is -2.22. The zero-order valence-electron chi connectivity index (χ0n) is 23.5. The van der Waals surface area contributed by atoms with E-state index in [-0.39, 0.29) is 5.91 Å². The summed E-state index contributed by atoms with van der Waals surface area (Å²) in [7, 11) is 1.69. The smallest absolute Gasteiger partial charge is 0.253 e. The Balaban J connectivity index is 1.21. The van der Waals surface area contributed by atoms with E-state index in [0.29, 0.717) is 12.1 Å². The average Bonchev–Trinajstić information content (AvgIpc) is 3.19. The predicted molar refractivity (Wildman–Crippen MR) is 163 cm³/mol. The van der Waals surface area contributed by atoms with Crippen molar-refractivity contribution in [2.75, 3.05) is 39.8 Å². The summed E-state index contributed by atoms with van der Waals surface area (Å²) in [6.07, 6.45) is 4.14. The fourth-order valence-corrected chi connectivity index (χ4v) is 5.88. The monoisotopic (exact) mass is 558 g/mol. The highest BCUT2D eigenvalue weighted by atomic mass is 35.5. The molecule has 0 radical (unpaired) electrons. The number of benzene rings is 3. The van der Waals surface area contributed by atoms with Crippen LogP contribution in [0.5, 0.6) is 5.75 Å². The predicted octanol–water partition coefficient (Wildman–Crippen LogP) is 6.14. The van der Waals surface area contributed by atoms with E-state index in [2.05, 4.69) is 50.9 Å². The van der Waals surface area contributed by atoms with Crippen molar-refractivity contribution in [2.24, 2.45) is 0 Å². The minimum atomic E-state index is -0.0651. The Labute approximate surface area is 242 Å². The van der Waals surface area contributed by atoms with Gasteiger partial charge in [-0.1, -0.05) is 71.8 Å². The largest absolute Gasteiger partial charge is 0.495 e. The van der Waals surface area contributed by atoms with Crippen molar-refractivity contribution in [1.82, 2.24) is 19.7 Å². The van der Waals surface area contributed by atoms with Gasteiger partial charge < -0.3 is 19.5 Å². The molecule has 0 unspecified atom stereocenters. The number of carbonyl (C=O) groups is 1. The zero-order valence-corrected chi connectivity index (χ0v) is 24.3. The molecule has 1 N–H and O–H groups in total. The molecule has 5 rings (SSSR count). The highest BCUT2D eigenvalue weighted by Crippen LogP contribution is 2.30. The summed E-state index contributed by atoms with van der Waals surface area (Å²) in [5, 5.41) is 4.88. The molecule has 2 heterocycles. The van der Waals surface area contributed by atoms with E-state index in [4.69, 9.17) is 16.3 Å². The van der Waals surface area contributed by atoms with Crippen LogP contribution in [0.15, 0.2) is 72.9 Å². The fraction of sp³-hybridized carbons (Fsp3) is 0.364. The first kappa shape index (κ1) is 28.2. The second kappa shape index (κ2) is 13.4. The molecule has 0 aliphatic carbocycles. The molecule has 0 bridgehead atoms. The maximum absolute atomic E-state index is 13.3. The minimum absolute atomic E-state index is 0.0651. The third-order valence-electron chi connectivity index (χ3n) is 7.77. The number of amides is 1. The molecule has 1 amide bonds. The number of ether oxygens (including phenoxy) is 1. The highest BCUT2D eigenvalue weighted by Gasteiger charge is 2.19. The zero-order chi connectivity index (χ0) is 27.9. The lowest BCUT2D eigenvalue weighted by molar-refractivity contribution is 0.0952. The van der Waals surface area contributed by atoms with E-state index in [9.17, 15) is 4.79 Å². The van der Waals surface area contributed by atoms with Crippen LogP contribution in [0.1, 0.15) is 39.9 Å². The van der Waals surface area contributed by atoms with Crippen molar-refractivity contribution < 1.29 is 9.53 Å². The van der Waals surface area contributed by atoms with E-state index in [1.54, 1.807) is 7.11 Å². The number of hydrogen-bond donors (Lipinski definition) is 1. The van der Waals surface area contributed by atoms with Crippen LogP contribution in [0.4, 0.5) is 0 Å². The summed E-state index contributed by atoms with van der Waals surface area (Å²) in [5.41, 5.74) is 5.15. The van der Waals surface area contributed by atoms with Crippen LogP contribution in [0.25, 0.3) is 10.9 Å². The Hall–Kier alpha value is -3.32. The minimum Gasteiger partial charge on any atom is -0.495 e. The third-order valence-corrected chi connectivity index (χ3v) is 8.14. The number of hydrogen-bond acceptors (Lipinski definition) is 4. The van der Waals surface area contributed by atoms with Gasteiger partial charge in [-0.3, -0.25) is 9.69 Å². The molecule has 1 saturated heterocycles. The Morgan fingerprint density at radius 2 is 1.75 bits per heavy atom. The second-order valence-electron chi connectivity index (χ2n) is 10.7. The van der Waals surface area contributed by atoms with E-state index >= 15 is 0 Å². The number of aromatic nitrogens is 1. The van der Waals surface area contributed by atoms with Crippen molar-refractivity contribution in [3.8, 4) is 5.75 Å². The lowest BCUT2D eigenvalue weighted by atomic mass is 10.1. The summed E-state index contributed by atoms with van der Waals surface area (Å²) < 4.78 is 7.90. The van der Waals surface area contributed by atoms with Crippen LogP contribution in [-0.2, 0) is 19.6 Å². The van der Waals surface area contributed by atoms with Gasteiger partial charge >= 0.3 is 0 Å². The molecule has 1 aliphatic rings. The van der Waals surface area contributed by atoms with Crippen LogP contribution in [0, 0.1) is 6.92 Å². The maximum atomic E-state index is 13.3. The lowest BCUT2D eigenvalue weighted by Crippen LogP contribution is -2.31. The van der Waals surface area contributed by atoms with Crippen LogP contribution in [0.2, 0.25) is 5.02 Å². The molecule has 3 aromatic carbocycles.